The second kappa shape index (κ2) is 10.3. The van der Waals surface area contributed by atoms with Gasteiger partial charge in [0.15, 0.2) is 6.61 Å². The van der Waals surface area contributed by atoms with Crippen molar-refractivity contribution in [3.63, 3.8) is 0 Å². The molecule has 0 saturated carbocycles. The molecule has 0 aromatic heterocycles. The van der Waals surface area contributed by atoms with Crippen LogP contribution in [0.4, 0.5) is 0 Å². The van der Waals surface area contributed by atoms with Crippen LogP contribution in [0, 0.1) is 6.92 Å². The van der Waals surface area contributed by atoms with Crippen LogP contribution in [0.3, 0.4) is 0 Å². The molecule has 2 aromatic carbocycles. The zero-order chi connectivity index (χ0) is 19.8. The standard InChI is InChI=1S/C24H32N2O2/c1-3-20-9-13-22(14-10-20)28-18-24(27)25-17-23(26-15-5-4-6-16-26)21-11-7-19(2)8-12-21/h7-14,23H,3-6,15-18H2,1-2H3,(H,25,27). The minimum Gasteiger partial charge on any atom is -0.484 e. The van der Waals surface area contributed by atoms with Gasteiger partial charge in [0.1, 0.15) is 5.75 Å². The molecule has 4 heteroatoms. The summed E-state index contributed by atoms with van der Waals surface area (Å²) < 4.78 is 5.64. The van der Waals surface area contributed by atoms with E-state index < -0.39 is 0 Å². The Hall–Kier alpha value is -2.33. The van der Waals surface area contributed by atoms with Gasteiger partial charge in [-0.25, -0.2) is 0 Å². The van der Waals surface area contributed by atoms with E-state index in [0.717, 1.165) is 25.3 Å². The Morgan fingerprint density at radius 3 is 2.36 bits per heavy atom. The molecule has 1 heterocycles. The first-order chi connectivity index (χ1) is 13.7. The number of likely N-dealkylation sites (tertiary alicyclic amines) is 1. The van der Waals surface area contributed by atoms with Gasteiger partial charge in [-0.2, -0.15) is 0 Å². The molecular formula is C24H32N2O2. The minimum atomic E-state index is -0.0753. The van der Waals surface area contributed by atoms with E-state index in [4.69, 9.17) is 4.74 Å². The van der Waals surface area contributed by atoms with Crippen LogP contribution in [-0.4, -0.2) is 37.0 Å². The summed E-state index contributed by atoms with van der Waals surface area (Å²) in [6.45, 7) is 7.07. The SMILES string of the molecule is CCc1ccc(OCC(=O)NCC(c2ccc(C)cc2)N2CCCCC2)cc1. The average molecular weight is 381 g/mol. The number of aryl methyl sites for hydroxylation is 2. The number of nitrogens with one attached hydrogen (secondary N) is 1. The zero-order valence-electron chi connectivity index (χ0n) is 17.1. The lowest BCUT2D eigenvalue weighted by atomic mass is 10.0. The Kier molecular flexibility index (Phi) is 7.49. The number of piperidine rings is 1. The van der Waals surface area contributed by atoms with E-state index in [0.29, 0.717) is 6.54 Å². The van der Waals surface area contributed by atoms with Crippen molar-refractivity contribution >= 4 is 5.91 Å². The third kappa shape index (κ3) is 5.83. The molecule has 1 N–H and O–H groups in total. The molecule has 1 aliphatic heterocycles. The van der Waals surface area contributed by atoms with E-state index in [1.807, 2.05) is 24.3 Å². The topological polar surface area (TPSA) is 41.6 Å². The van der Waals surface area contributed by atoms with Crippen LogP contribution in [-0.2, 0) is 11.2 Å². The van der Waals surface area contributed by atoms with Crippen molar-refractivity contribution in [1.82, 2.24) is 10.2 Å². The summed E-state index contributed by atoms with van der Waals surface area (Å²) in [5, 5.41) is 3.08. The first-order valence-corrected chi connectivity index (χ1v) is 10.4. The summed E-state index contributed by atoms with van der Waals surface area (Å²) in [6.07, 6.45) is 4.76. The van der Waals surface area contributed by atoms with Crippen molar-refractivity contribution < 1.29 is 9.53 Å². The van der Waals surface area contributed by atoms with E-state index in [1.165, 1.54) is 36.0 Å². The van der Waals surface area contributed by atoms with E-state index in [9.17, 15) is 4.79 Å². The van der Waals surface area contributed by atoms with Gasteiger partial charge in [0.05, 0.1) is 6.04 Å². The molecule has 1 saturated heterocycles. The van der Waals surface area contributed by atoms with Crippen LogP contribution in [0.5, 0.6) is 5.75 Å². The number of carbonyl (C=O) groups is 1. The van der Waals surface area contributed by atoms with Crippen molar-refractivity contribution in [2.75, 3.05) is 26.2 Å². The number of benzene rings is 2. The monoisotopic (exact) mass is 380 g/mol. The molecule has 0 spiro atoms. The summed E-state index contributed by atoms with van der Waals surface area (Å²) >= 11 is 0. The van der Waals surface area contributed by atoms with Gasteiger partial charge in [-0.3, -0.25) is 9.69 Å². The zero-order valence-corrected chi connectivity index (χ0v) is 17.1. The molecule has 3 rings (SSSR count). The molecular weight excluding hydrogens is 348 g/mol. The highest BCUT2D eigenvalue weighted by atomic mass is 16.5. The number of amides is 1. The van der Waals surface area contributed by atoms with Crippen molar-refractivity contribution in [2.45, 2.75) is 45.6 Å². The van der Waals surface area contributed by atoms with Crippen LogP contribution < -0.4 is 10.1 Å². The molecule has 150 valence electrons. The second-order valence-corrected chi connectivity index (χ2v) is 7.61. The number of hydrogen-bond acceptors (Lipinski definition) is 3. The number of rotatable bonds is 8. The Morgan fingerprint density at radius 2 is 1.71 bits per heavy atom. The van der Waals surface area contributed by atoms with E-state index in [1.54, 1.807) is 0 Å². The van der Waals surface area contributed by atoms with Crippen molar-refractivity contribution in [2.24, 2.45) is 0 Å². The minimum absolute atomic E-state index is 0.0477. The van der Waals surface area contributed by atoms with Crippen LogP contribution in [0.1, 0.15) is 48.9 Å². The van der Waals surface area contributed by atoms with Gasteiger partial charge in [-0.15, -0.1) is 0 Å². The first-order valence-electron chi connectivity index (χ1n) is 10.4. The normalized spacial score (nSPS) is 15.8. The Morgan fingerprint density at radius 1 is 1.04 bits per heavy atom. The summed E-state index contributed by atoms with van der Waals surface area (Å²) in [5.74, 6) is 0.659. The van der Waals surface area contributed by atoms with E-state index in [2.05, 4.69) is 48.3 Å². The molecule has 1 fully saturated rings. The van der Waals surface area contributed by atoms with Gasteiger partial charge in [-0.05, 0) is 62.5 Å². The molecule has 2 aromatic rings. The van der Waals surface area contributed by atoms with Crippen LogP contribution in [0.25, 0.3) is 0 Å². The summed E-state index contributed by atoms with van der Waals surface area (Å²) in [4.78, 5) is 14.9. The fourth-order valence-corrected chi connectivity index (χ4v) is 3.71. The van der Waals surface area contributed by atoms with Gasteiger partial charge < -0.3 is 10.1 Å². The van der Waals surface area contributed by atoms with Crippen LogP contribution in [0.15, 0.2) is 48.5 Å². The lowest BCUT2D eigenvalue weighted by molar-refractivity contribution is -0.123. The summed E-state index contributed by atoms with van der Waals surface area (Å²) in [5.41, 5.74) is 3.79. The summed E-state index contributed by atoms with van der Waals surface area (Å²) in [7, 11) is 0. The summed E-state index contributed by atoms with van der Waals surface area (Å²) in [6, 6.07) is 16.8. The largest absolute Gasteiger partial charge is 0.484 e. The molecule has 0 radical (unpaired) electrons. The fourth-order valence-electron chi connectivity index (χ4n) is 3.71. The molecule has 0 aliphatic carbocycles. The van der Waals surface area contributed by atoms with Crippen LogP contribution in [0.2, 0.25) is 0 Å². The highest BCUT2D eigenvalue weighted by molar-refractivity contribution is 5.77. The predicted molar refractivity (Wildman–Crippen MR) is 114 cm³/mol. The highest BCUT2D eigenvalue weighted by Gasteiger charge is 2.22. The first kappa shape index (κ1) is 20.4. The molecule has 1 atom stereocenters. The van der Waals surface area contributed by atoms with Crippen molar-refractivity contribution in [1.29, 1.82) is 0 Å². The number of nitrogens with zero attached hydrogens (tertiary/aromatic N) is 1. The Balaban J connectivity index is 1.55. The fraction of sp³-hybridized carbons (Fsp3) is 0.458. The third-order valence-electron chi connectivity index (χ3n) is 5.49. The third-order valence-corrected chi connectivity index (χ3v) is 5.49. The van der Waals surface area contributed by atoms with Crippen molar-refractivity contribution in [3.8, 4) is 5.75 Å². The molecule has 4 nitrogen and oxygen atoms in total. The number of carbonyl (C=O) groups excluding carboxylic acids is 1. The Bertz CT molecular complexity index is 734. The van der Waals surface area contributed by atoms with Gasteiger partial charge in [-0.1, -0.05) is 55.3 Å². The van der Waals surface area contributed by atoms with E-state index >= 15 is 0 Å². The van der Waals surface area contributed by atoms with Gasteiger partial charge in [0.2, 0.25) is 0 Å². The average Bonchev–Trinajstić information content (AvgIpc) is 2.75. The lowest BCUT2D eigenvalue weighted by Crippen LogP contribution is -2.41. The molecule has 1 amide bonds. The van der Waals surface area contributed by atoms with Gasteiger partial charge in [0, 0.05) is 6.54 Å². The molecule has 0 bridgehead atoms. The van der Waals surface area contributed by atoms with Crippen molar-refractivity contribution in [3.05, 3.63) is 65.2 Å². The smallest absolute Gasteiger partial charge is 0.258 e. The number of ether oxygens (including phenoxy) is 1. The molecule has 1 aliphatic rings. The van der Waals surface area contributed by atoms with Gasteiger partial charge >= 0.3 is 0 Å². The Labute approximate surface area is 168 Å². The maximum atomic E-state index is 12.4. The quantitative estimate of drug-likeness (QED) is 0.743. The second-order valence-electron chi connectivity index (χ2n) is 7.61. The molecule has 28 heavy (non-hydrogen) atoms. The maximum Gasteiger partial charge on any atom is 0.258 e. The lowest BCUT2D eigenvalue weighted by Gasteiger charge is -2.35. The predicted octanol–water partition coefficient (Wildman–Crippen LogP) is 4.28. The van der Waals surface area contributed by atoms with Gasteiger partial charge in [0.25, 0.3) is 5.91 Å². The van der Waals surface area contributed by atoms with Crippen LogP contribution >= 0.6 is 0 Å². The highest BCUT2D eigenvalue weighted by Crippen LogP contribution is 2.24. The maximum absolute atomic E-state index is 12.4. The van der Waals surface area contributed by atoms with E-state index in [-0.39, 0.29) is 18.6 Å². The molecule has 1 unspecified atom stereocenters. The number of hydrogen-bond donors (Lipinski definition) is 1.